The van der Waals surface area contributed by atoms with Crippen molar-refractivity contribution in [1.29, 1.82) is 0 Å². The van der Waals surface area contributed by atoms with Crippen LogP contribution >= 0.6 is 0 Å². The number of aryl methyl sites for hydroxylation is 1. The van der Waals surface area contributed by atoms with E-state index in [1.54, 1.807) is 25.4 Å². The molecule has 0 spiro atoms. The number of likely N-dealkylation sites (tertiary alicyclic amines) is 1. The lowest BCUT2D eigenvalue weighted by molar-refractivity contribution is -0.130. The van der Waals surface area contributed by atoms with Gasteiger partial charge in [0.15, 0.2) is 0 Å². The van der Waals surface area contributed by atoms with Gasteiger partial charge in [-0.15, -0.1) is 0 Å². The molecule has 1 aliphatic heterocycles. The van der Waals surface area contributed by atoms with Crippen molar-refractivity contribution in [2.75, 3.05) is 25.5 Å². The topological polar surface area (TPSA) is 54.5 Å². The Kier molecular flexibility index (Phi) is 6.09. The average Bonchev–Trinajstić information content (AvgIpc) is 3.16. The summed E-state index contributed by atoms with van der Waals surface area (Å²) in [6, 6.07) is 12.5. The lowest BCUT2D eigenvalue weighted by Crippen LogP contribution is -2.44. The maximum absolute atomic E-state index is 13.0. The highest BCUT2D eigenvalue weighted by molar-refractivity contribution is 5.76. The van der Waals surface area contributed by atoms with Crippen LogP contribution in [-0.4, -0.2) is 48.1 Å². The molecule has 4 rings (SSSR count). The molecule has 2 aliphatic rings. The van der Waals surface area contributed by atoms with Crippen molar-refractivity contribution in [2.24, 2.45) is 11.8 Å². The molecule has 6 heteroatoms. The van der Waals surface area contributed by atoms with Crippen molar-refractivity contribution in [2.45, 2.75) is 37.8 Å². The normalized spacial score (nSPS) is 26.2. The summed E-state index contributed by atoms with van der Waals surface area (Å²) >= 11 is 0. The number of fused-ring (bicyclic) bond motifs is 1. The van der Waals surface area contributed by atoms with Gasteiger partial charge in [-0.1, -0.05) is 18.2 Å². The minimum atomic E-state index is -0.245. The average molecular weight is 397 g/mol. The van der Waals surface area contributed by atoms with E-state index in [2.05, 4.69) is 10.3 Å². The Morgan fingerprint density at radius 2 is 1.93 bits per heavy atom. The second kappa shape index (κ2) is 8.91. The number of aromatic nitrogens is 1. The first-order chi connectivity index (χ1) is 14.1. The van der Waals surface area contributed by atoms with Crippen LogP contribution in [0.1, 0.15) is 24.8 Å². The van der Waals surface area contributed by atoms with Crippen molar-refractivity contribution >= 4 is 11.7 Å². The lowest BCUT2D eigenvalue weighted by atomic mass is 9.77. The molecule has 1 saturated carbocycles. The Hall–Kier alpha value is -2.47. The third-order valence-electron chi connectivity index (χ3n) is 6.31. The SMILES string of the molecule is CO[C@@H]1C[C@H]2CN(C(=O)CCc3ccc(F)cc3)C[C@H]2C[C@H]1Nc1ccccn1. The van der Waals surface area contributed by atoms with Crippen LogP contribution in [0.3, 0.4) is 0 Å². The monoisotopic (exact) mass is 397 g/mol. The van der Waals surface area contributed by atoms with E-state index in [0.717, 1.165) is 37.3 Å². The summed E-state index contributed by atoms with van der Waals surface area (Å²) in [6.45, 7) is 1.62. The van der Waals surface area contributed by atoms with Gasteiger partial charge in [-0.05, 0) is 60.9 Å². The zero-order chi connectivity index (χ0) is 20.2. The molecule has 1 saturated heterocycles. The number of benzene rings is 1. The number of rotatable bonds is 6. The van der Waals surface area contributed by atoms with Crippen LogP contribution < -0.4 is 5.32 Å². The van der Waals surface area contributed by atoms with Crippen LogP contribution in [0.4, 0.5) is 10.2 Å². The molecule has 5 nitrogen and oxygen atoms in total. The van der Waals surface area contributed by atoms with E-state index in [-0.39, 0.29) is 23.9 Å². The van der Waals surface area contributed by atoms with Crippen molar-refractivity contribution in [3.63, 3.8) is 0 Å². The summed E-state index contributed by atoms with van der Waals surface area (Å²) in [7, 11) is 1.76. The van der Waals surface area contributed by atoms with Gasteiger partial charge in [0, 0.05) is 32.8 Å². The van der Waals surface area contributed by atoms with Gasteiger partial charge in [0.1, 0.15) is 11.6 Å². The number of carbonyl (C=O) groups is 1. The fraction of sp³-hybridized carbons (Fsp3) is 0.478. The first kappa shape index (κ1) is 19.8. The van der Waals surface area contributed by atoms with Gasteiger partial charge in [-0.3, -0.25) is 4.79 Å². The van der Waals surface area contributed by atoms with Gasteiger partial charge >= 0.3 is 0 Å². The summed E-state index contributed by atoms with van der Waals surface area (Å²) in [4.78, 5) is 19.1. The molecule has 1 aromatic carbocycles. The maximum atomic E-state index is 13.0. The third kappa shape index (κ3) is 4.75. The number of hydrogen-bond donors (Lipinski definition) is 1. The number of amides is 1. The first-order valence-electron chi connectivity index (χ1n) is 10.3. The molecular weight excluding hydrogens is 369 g/mol. The van der Waals surface area contributed by atoms with Crippen molar-refractivity contribution in [1.82, 2.24) is 9.88 Å². The Balaban J connectivity index is 1.33. The molecule has 2 aromatic rings. The number of pyridine rings is 1. The summed E-state index contributed by atoms with van der Waals surface area (Å²) in [5.74, 6) is 1.77. The molecule has 2 fully saturated rings. The Morgan fingerprint density at radius 1 is 1.17 bits per heavy atom. The number of methoxy groups -OCH3 is 1. The summed E-state index contributed by atoms with van der Waals surface area (Å²) < 4.78 is 18.8. The van der Waals surface area contributed by atoms with Crippen LogP contribution in [0.15, 0.2) is 48.7 Å². The van der Waals surface area contributed by atoms with E-state index >= 15 is 0 Å². The molecule has 154 valence electrons. The minimum absolute atomic E-state index is 0.118. The van der Waals surface area contributed by atoms with Crippen LogP contribution in [0.25, 0.3) is 0 Å². The minimum Gasteiger partial charge on any atom is -0.379 e. The number of carbonyl (C=O) groups excluding carboxylic acids is 1. The molecule has 4 atom stereocenters. The van der Waals surface area contributed by atoms with E-state index in [1.165, 1.54) is 12.1 Å². The van der Waals surface area contributed by atoms with Crippen molar-refractivity contribution in [3.8, 4) is 0 Å². The second-order valence-electron chi connectivity index (χ2n) is 8.16. The Labute approximate surface area is 171 Å². The summed E-state index contributed by atoms with van der Waals surface area (Å²) in [5.41, 5.74) is 0.996. The maximum Gasteiger partial charge on any atom is 0.222 e. The lowest BCUT2D eigenvalue weighted by Gasteiger charge is -2.37. The standard InChI is InChI=1S/C23H28FN3O2/c1-29-21-13-18-15-27(23(28)10-7-16-5-8-19(24)9-6-16)14-17(18)12-20(21)26-22-4-2-3-11-25-22/h2-6,8-9,11,17-18,20-21H,7,10,12-15H2,1H3,(H,25,26)/t17-,18+,20-,21-/m1/s1. The first-order valence-corrected chi connectivity index (χ1v) is 10.3. The largest absolute Gasteiger partial charge is 0.379 e. The number of anilines is 1. The predicted octanol–water partition coefficient (Wildman–Crippen LogP) is 3.52. The van der Waals surface area contributed by atoms with Gasteiger partial charge in [-0.2, -0.15) is 0 Å². The van der Waals surface area contributed by atoms with Crippen molar-refractivity contribution < 1.29 is 13.9 Å². The van der Waals surface area contributed by atoms with Gasteiger partial charge in [-0.25, -0.2) is 9.37 Å². The van der Waals surface area contributed by atoms with E-state index in [1.807, 2.05) is 23.1 Å². The highest BCUT2D eigenvalue weighted by Gasteiger charge is 2.43. The van der Waals surface area contributed by atoms with Gasteiger partial charge in [0.2, 0.25) is 5.91 Å². The van der Waals surface area contributed by atoms with E-state index in [0.29, 0.717) is 24.7 Å². The van der Waals surface area contributed by atoms with Crippen LogP contribution in [-0.2, 0) is 16.0 Å². The molecule has 0 radical (unpaired) electrons. The molecule has 29 heavy (non-hydrogen) atoms. The van der Waals surface area contributed by atoms with Gasteiger partial charge in [0.05, 0.1) is 12.1 Å². The molecule has 0 unspecified atom stereocenters. The number of nitrogens with one attached hydrogen (secondary N) is 1. The summed E-state index contributed by atoms with van der Waals surface area (Å²) in [6.07, 6.45) is 4.94. The molecule has 1 aromatic heterocycles. The fourth-order valence-corrected chi connectivity index (χ4v) is 4.73. The van der Waals surface area contributed by atoms with Crippen molar-refractivity contribution in [3.05, 3.63) is 60.0 Å². The number of nitrogens with zero attached hydrogens (tertiary/aromatic N) is 2. The number of hydrogen-bond acceptors (Lipinski definition) is 4. The molecule has 2 heterocycles. The fourth-order valence-electron chi connectivity index (χ4n) is 4.73. The molecule has 0 bridgehead atoms. The quantitative estimate of drug-likeness (QED) is 0.810. The van der Waals surface area contributed by atoms with Gasteiger partial charge in [0.25, 0.3) is 0 Å². The van der Waals surface area contributed by atoms with E-state index in [9.17, 15) is 9.18 Å². The Morgan fingerprint density at radius 3 is 2.62 bits per heavy atom. The third-order valence-corrected chi connectivity index (χ3v) is 6.31. The summed E-state index contributed by atoms with van der Waals surface area (Å²) in [5, 5.41) is 3.52. The van der Waals surface area contributed by atoms with Crippen LogP contribution in [0.5, 0.6) is 0 Å². The van der Waals surface area contributed by atoms with Gasteiger partial charge < -0.3 is 15.0 Å². The molecule has 1 aliphatic carbocycles. The molecular formula is C23H28FN3O2. The molecule has 1 N–H and O–H groups in total. The predicted molar refractivity (Wildman–Crippen MR) is 110 cm³/mol. The molecule has 1 amide bonds. The highest BCUT2D eigenvalue weighted by atomic mass is 19.1. The zero-order valence-electron chi connectivity index (χ0n) is 16.8. The van der Waals surface area contributed by atoms with E-state index < -0.39 is 0 Å². The number of halogens is 1. The van der Waals surface area contributed by atoms with E-state index in [4.69, 9.17) is 4.74 Å². The zero-order valence-corrected chi connectivity index (χ0v) is 16.8. The number of ether oxygens (including phenoxy) is 1. The smallest absolute Gasteiger partial charge is 0.222 e. The Bertz CT molecular complexity index is 815. The second-order valence-corrected chi connectivity index (χ2v) is 8.16. The van der Waals surface area contributed by atoms with Crippen LogP contribution in [0, 0.1) is 17.7 Å². The van der Waals surface area contributed by atoms with Crippen LogP contribution in [0.2, 0.25) is 0 Å². The highest BCUT2D eigenvalue weighted by Crippen LogP contribution is 2.38.